The fraction of sp³-hybridized carbons (Fsp3) is 0.190. The molecule has 138 valence electrons. The van der Waals surface area contributed by atoms with Crippen molar-refractivity contribution in [3.05, 3.63) is 82.1 Å². The molecule has 5 nitrogen and oxygen atoms in total. The summed E-state index contributed by atoms with van der Waals surface area (Å²) in [5.74, 6) is 0.176. The van der Waals surface area contributed by atoms with Gasteiger partial charge in [-0.2, -0.15) is 0 Å². The van der Waals surface area contributed by atoms with Crippen molar-refractivity contribution in [3.63, 3.8) is 0 Å². The number of halogens is 1. The topological polar surface area (TPSA) is 66.9 Å². The lowest BCUT2D eigenvalue weighted by Gasteiger charge is -2.09. The molecule has 0 aliphatic carbocycles. The van der Waals surface area contributed by atoms with Gasteiger partial charge in [-0.3, -0.25) is 4.79 Å². The van der Waals surface area contributed by atoms with Gasteiger partial charge in [-0.25, -0.2) is 9.97 Å². The lowest BCUT2D eigenvalue weighted by Crippen LogP contribution is -2.27. The molecule has 0 saturated carbocycles. The van der Waals surface area contributed by atoms with Crippen LogP contribution in [-0.4, -0.2) is 22.4 Å². The van der Waals surface area contributed by atoms with E-state index in [0.717, 1.165) is 22.5 Å². The molecule has 3 rings (SSSR count). The van der Waals surface area contributed by atoms with Crippen LogP contribution in [0.5, 0.6) is 0 Å². The number of carbonyl (C=O) groups is 1. The summed E-state index contributed by atoms with van der Waals surface area (Å²) < 4.78 is 0. The van der Waals surface area contributed by atoms with Crippen LogP contribution in [0.3, 0.4) is 0 Å². The Morgan fingerprint density at radius 3 is 2.63 bits per heavy atom. The van der Waals surface area contributed by atoms with Gasteiger partial charge in [-0.05, 0) is 61.7 Å². The molecule has 0 spiro atoms. The van der Waals surface area contributed by atoms with Crippen LogP contribution in [0.15, 0.2) is 54.6 Å². The second-order valence-corrected chi connectivity index (χ2v) is 6.78. The van der Waals surface area contributed by atoms with Crippen LogP contribution in [0.1, 0.15) is 27.3 Å². The molecule has 0 aliphatic heterocycles. The van der Waals surface area contributed by atoms with E-state index in [1.165, 1.54) is 0 Å². The summed E-state index contributed by atoms with van der Waals surface area (Å²) in [6.45, 7) is 4.36. The molecular weight excluding hydrogens is 360 g/mol. The SMILES string of the molecule is Cc1cccc(Nc2nc(C)cc(C(=O)NCCc3cccc(Cl)c3)n2)c1. The molecule has 2 aromatic carbocycles. The maximum atomic E-state index is 12.5. The van der Waals surface area contributed by atoms with Gasteiger partial charge in [0.2, 0.25) is 5.95 Å². The van der Waals surface area contributed by atoms with Gasteiger partial charge in [0.15, 0.2) is 0 Å². The summed E-state index contributed by atoms with van der Waals surface area (Å²) >= 11 is 5.98. The van der Waals surface area contributed by atoms with Crippen LogP contribution in [0.25, 0.3) is 0 Å². The highest BCUT2D eigenvalue weighted by Crippen LogP contribution is 2.15. The van der Waals surface area contributed by atoms with E-state index in [9.17, 15) is 4.79 Å². The van der Waals surface area contributed by atoms with E-state index in [4.69, 9.17) is 11.6 Å². The van der Waals surface area contributed by atoms with E-state index >= 15 is 0 Å². The Labute approximate surface area is 163 Å². The van der Waals surface area contributed by atoms with Crippen LogP contribution >= 0.6 is 11.6 Å². The predicted molar refractivity (Wildman–Crippen MR) is 109 cm³/mol. The molecule has 27 heavy (non-hydrogen) atoms. The van der Waals surface area contributed by atoms with Gasteiger partial charge in [-0.1, -0.05) is 35.9 Å². The van der Waals surface area contributed by atoms with E-state index < -0.39 is 0 Å². The summed E-state index contributed by atoms with van der Waals surface area (Å²) in [6, 6.07) is 17.2. The minimum Gasteiger partial charge on any atom is -0.350 e. The molecule has 1 aromatic heterocycles. The smallest absolute Gasteiger partial charge is 0.270 e. The molecule has 2 N–H and O–H groups in total. The molecule has 1 heterocycles. The van der Waals surface area contributed by atoms with Gasteiger partial charge in [-0.15, -0.1) is 0 Å². The third kappa shape index (κ3) is 5.53. The van der Waals surface area contributed by atoms with Crippen LogP contribution in [-0.2, 0) is 6.42 Å². The Morgan fingerprint density at radius 1 is 1.04 bits per heavy atom. The van der Waals surface area contributed by atoms with Gasteiger partial charge in [0.25, 0.3) is 5.91 Å². The lowest BCUT2D eigenvalue weighted by atomic mass is 10.1. The number of rotatable bonds is 6. The first-order valence-corrected chi connectivity index (χ1v) is 9.09. The fourth-order valence-corrected chi connectivity index (χ4v) is 2.91. The molecule has 0 bridgehead atoms. The summed E-state index contributed by atoms with van der Waals surface area (Å²) in [5.41, 5.74) is 4.15. The molecule has 0 saturated heterocycles. The van der Waals surface area contributed by atoms with E-state index in [2.05, 4.69) is 20.6 Å². The number of amides is 1. The molecule has 0 aliphatic rings. The quantitative estimate of drug-likeness (QED) is 0.662. The zero-order valence-electron chi connectivity index (χ0n) is 15.3. The van der Waals surface area contributed by atoms with E-state index in [0.29, 0.717) is 29.6 Å². The van der Waals surface area contributed by atoms with Crippen molar-refractivity contribution < 1.29 is 4.79 Å². The van der Waals surface area contributed by atoms with Crippen molar-refractivity contribution in [1.29, 1.82) is 0 Å². The summed E-state index contributed by atoms with van der Waals surface area (Å²) in [4.78, 5) is 21.2. The maximum Gasteiger partial charge on any atom is 0.270 e. The monoisotopic (exact) mass is 380 g/mol. The fourth-order valence-electron chi connectivity index (χ4n) is 2.70. The van der Waals surface area contributed by atoms with Crippen LogP contribution in [0.2, 0.25) is 5.02 Å². The largest absolute Gasteiger partial charge is 0.350 e. The van der Waals surface area contributed by atoms with Crippen molar-refractivity contribution in [3.8, 4) is 0 Å². The second kappa shape index (κ2) is 8.64. The number of anilines is 2. The van der Waals surface area contributed by atoms with Crippen LogP contribution in [0, 0.1) is 13.8 Å². The van der Waals surface area contributed by atoms with E-state index in [1.807, 2.05) is 62.4 Å². The Kier molecular flexibility index (Phi) is 6.04. The highest BCUT2D eigenvalue weighted by Gasteiger charge is 2.10. The summed E-state index contributed by atoms with van der Waals surface area (Å²) in [5, 5.41) is 6.74. The first-order valence-electron chi connectivity index (χ1n) is 8.71. The van der Waals surface area contributed by atoms with Crippen molar-refractivity contribution >= 4 is 29.1 Å². The molecular formula is C21H21ClN4O. The highest BCUT2D eigenvalue weighted by atomic mass is 35.5. The molecule has 0 radical (unpaired) electrons. The van der Waals surface area contributed by atoms with Crippen molar-refractivity contribution in [2.75, 3.05) is 11.9 Å². The maximum absolute atomic E-state index is 12.5. The number of aromatic nitrogens is 2. The van der Waals surface area contributed by atoms with Gasteiger partial charge < -0.3 is 10.6 Å². The minimum absolute atomic E-state index is 0.227. The minimum atomic E-state index is -0.227. The number of hydrogen-bond donors (Lipinski definition) is 2. The molecule has 1 amide bonds. The van der Waals surface area contributed by atoms with Crippen LogP contribution < -0.4 is 10.6 Å². The Balaban J connectivity index is 1.65. The van der Waals surface area contributed by atoms with Gasteiger partial charge in [0.05, 0.1) is 0 Å². The van der Waals surface area contributed by atoms with E-state index in [-0.39, 0.29) is 5.91 Å². The molecule has 0 unspecified atom stereocenters. The van der Waals surface area contributed by atoms with Crippen molar-refractivity contribution in [2.24, 2.45) is 0 Å². The van der Waals surface area contributed by atoms with Gasteiger partial charge >= 0.3 is 0 Å². The number of carbonyl (C=O) groups excluding carboxylic acids is 1. The Bertz CT molecular complexity index is 958. The highest BCUT2D eigenvalue weighted by molar-refractivity contribution is 6.30. The van der Waals surface area contributed by atoms with E-state index in [1.54, 1.807) is 6.07 Å². The molecule has 6 heteroatoms. The van der Waals surface area contributed by atoms with Gasteiger partial charge in [0.1, 0.15) is 5.69 Å². The molecule has 3 aromatic rings. The zero-order chi connectivity index (χ0) is 19.2. The van der Waals surface area contributed by atoms with Crippen LogP contribution in [0.4, 0.5) is 11.6 Å². The van der Waals surface area contributed by atoms with Crippen molar-refractivity contribution in [1.82, 2.24) is 15.3 Å². The third-order valence-electron chi connectivity index (χ3n) is 3.95. The number of hydrogen-bond acceptors (Lipinski definition) is 4. The number of aryl methyl sites for hydroxylation is 2. The number of nitrogens with one attached hydrogen (secondary N) is 2. The molecule has 0 atom stereocenters. The normalized spacial score (nSPS) is 10.5. The number of benzene rings is 2. The summed E-state index contributed by atoms with van der Waals surface area (Å²) in [6.07, 6.45) is 0.699. The Hall–Kier alpha value is -2.92. The molecule has 0 fully saturated rings. The Morgan fingerprint density at radius 2 is 1.85 bits per heavy atom. The average Bonchev–Trinajstić information content (AvgIpc) is 2.61. The zero-order valence-corrected chi connectivity index (χ0v) is 16.0. The lowest BCUT2D eigenvalue weighted by molar-refractivity contribution is 0.0949. The first-order chi connectivity index (χ1) is 13.0. The summed E-state index contributed by atoms with van der Waals surface area (Å²) in [7, 11) is 0. The van der Waals surface area contributed by atoms with Crippen molar-refractivity contribution in [2.45, 2.75) is 20.3 Å². The number of nitrogens with zero attached hydrogens (tertiary/aromatic N) is 2. The standard InChI is InChI=1S/C21H21ClN4O/c1-14-5-3-8-18(11-14)25-21-24-15(2)12-19(26-21)20(27)23-10-9-16-6-4-7-17(22)13-16/h3-8,11-13H,9-10H2,1-2H3,(H,23,27)(H,24,25,26). The second-order valence-electron chi connectivity index (χ2n) is 6.35. The third-order valence-corrected chi connectivity index (χ3v) is 4.18. The van der Waals surface area contributed by atoms with Gasteiger partial charge in [0, 0.05) is 22.9 Å². The first kappa shape index (κ1) is 18.9. The average molecular weight is 381 g/mol. The predicted octanol–water partition coefficient (Wildman–Crippen LogP) is 4.46.